The van der Waals surface area contributed by atoms with Crippen LogP contribution in [0, 0.1) is 6.92 Å². The van der Waals surface area contributed by atoms with E-state index in [1.54, 1.807) is 18.1 Å². The number of benzene rings is 2. The number of hydrogen-bond donors (Lipinski definition) is 1. The van der Waals surface area contributed by atoms with Crippen molar-refractivity contribution in [3.63, 3.8) is 0 Å². The number of ether oxygens (including phenoxy) is 1. The normalized spacial score (nSPS) is 21.4. The molecule has 2 fully saturated rings. The Balaban J connectivity index is 1.90. The van der Waals surface area contributed by atoms with E-state index >= 15 is 0 Å². The van der Waals surface area contributed by atoms with Crippen LogP contribution < -0.4 is 4.74 Å². The number of nitrogens with zero attached hydrogens (tertiary/aromatic N) is 1. The Morgan fingerprint density at radius 3 is 2.53 bits per heavy atom. The summed E-state index contributed by atoms with van der Waals surface area (Å²) >= 11 is 3.46. The number of likely N-dealkylation sites (tertiary alicyclic amines) is 1. The van der Waals surface area contributed by atoms with Crippen molar-refractivity contribution in [2.45, 2.75) is 44.7 Å². The molecule has 1 N–H and O–H groups in total. The van der Waals surface area contributed by atoms with E-state index in [2.05, 4.69) is 15.9 Å². The average molecular weight is 470 g/mol. The molecule has 6 heteroatoms. The summed E-state index contributed by atoms with van der Waals surface area (Å²) in [7, 11) is 1.58. The van der Waals surface area contributed by atoms with Crippen molar-refractivity contribution in [2.75, 3.05) is 7.11 Å². The summed E-state index contributed by atoms with van der Waals surface area (Å²) in [4.78, 5) is 27.9. The second kappa shape index (κ2) is 8.26. The third-order valence-electron chi connectivity index (χ3n) is 6.04. The lowest BCUT2D eigenvalue weighted by Crippen LogP contribution is -2.37. The summed E-state index contributed by atoms with van der Waals surface area (Å²) in [6.45, 7) is 1.91. The van der Waals surface area contributed by atoms with Crippen LogP contribution in [0.3, 0.4) is 0 Å². The van der Waals surface area contributed by atoms with Crippen molar-refractivity contribution < 1.29 is 19.4 Å². The monoisotopic (exact) mass is 469 g/mol. The lowest BCUT2D eigenvalue weighted by molar-refractivity contribution is -0.141. The van der Waals surface area contributed by atoms with Gasteiger partial charge in [0.2, 0.25) is 0 Å². The second-order valence-corrected chi connectivity index (χ2v) is 8.74. The number of aliphatic hydroxyl groups is 1. The van der Waals surface area contributed by atoms with E-state index < -0.39 is 17.7 Å². The summed E-state index contributed by atoms with van der Waals surface area (Å²) in [6.07, 6.45) is 3.80. The van der Waals surface area contributed by atoms with Crippen LogP contribution in [-0.4, -0.2) is 34.8 Å². The molecule has 0 bridgehead atoms. The molecule has 4 rings (SSSR count). The van der Waals surface area contributed by atoms with Crippen molar-refractivity contribution in [1.29, 1.82) is 0 Å². The van der Waals surface area contributed by atoms with Crippen LogP contribution in [0.5, 0.6) is 5.75 Å². The summed E-state index contributed by atoms with van der Waals surface area (Å²) in [5.41, 5.74) is 2.35. The molecule has 1 saturated heterocycles. The third-order valence-corrected chi connectivity index (χ3v) is 6.93. The van der Waals surface area contributed by atoms with Crippen LogP contribution in [0.2, 0.25) is 0 Å². The molecule has 0 aromatic heterocycles. The topological polar surface area (TPSA) is 66.8 Å². The van der Waals surface area contributed by atoms with E-state index in [-0.39, 0.29) is 17.4 Å². The van der Waals surface area contributed by atoms with Crippen LogP contribution in [0.25, 0.3) is 5.76 Å². The number of hydrogen-bond acceptors (Lipinski definition) is 4. The van der Waals surface area contributed by atoms with Gasteiger partial charge in [0.15, 0.2) is 0 Å². The first-order valence-corrected chi connectivity index (χ1v) is 10.9. The predicted molar refractivity (Wildman–Crippen MR) is 118 cm³/mol. The summed E-state index contributed by atoms with van der Waals surface area (Å²) in [5.74, 6) is -0.667. The average Bonchev–Trinajstić information content (AvgIpc) is 3.36. The molecule has 0 radical (unpaired) electrons. The second-order valence-electron chi connectivity index (χ2n) is 7.89. The number of aliphatic hydroxyl groups excluding tert-OH is 1. The Kier molecular flexibility index (Phi) is 5.69. The van der Waals surface area contributed by atoms with Crippen LogP contribution in [-0.2, 0) is 9.59 Å². The van der Waals surface area contributed by atoms with Gasteiger partial charge < -0.3 is 14.7 Å². The maximum absolute atomic E-state index is 13.1. The lowest BCUT2D eigenvalue weighted by Gasteiger charge is -2.31. The molecule has 1 amide bonds. The van der Waals surface area contributed by atoms with Gasteiger partial charge in [-0.05, 0) is 55.2 Å². The highest BCUT2D eigenvalue weighted by Gasteiger charge is 2.49. The zero-order chi connectivity index (χ0) is 21.4. The number of carbonyl (C=O) groups is 2. The maximum Gasteiger partial charge on any atom is 0.295 e. The van der Waals surface area contributed by atoms with Crippen molar-refractivity contribution >= 4 is 33.4 Å². The third kappa shape index (κ3) is 3.54. The fourth-order valence-corrected chi connectivity index (χ4v) is 4.74. The van der Waals surface area contributed by atoms with E-state index in [1.807, 2.05) is 43.3 Å². The van der Waals surface area contributed by atoms with E-state index in [0.717, 1.165) is 41.3 Å². The van der Waals surface area contributed by atoms with Crippen LogP contribution >= 0.6 is 15.9 Å². The van der Waals surface area contributed by atoms with Crippen molar-refractivity contribution in [2.24, 2.45) is 0 Å². The molecule has 2 aromatic carbocycles. The largest absolute Gasteiger partial charge is 0.507 e. The standard InChI is InChI=1S/C24H24BrNO4/c1-14-12-16(10-11-19(14)25)22(27)20-21(15-6-5-9-18(13-15)30-2)26(24(29)23(20)28)17-7-3-4-8-17/h5-6,9-13,17,21,27H,3-4,7-8H2,1-2H3/b22-20-. The molecule has 0 spiro atoms. The number of Topliss-reactive ketones (excluding diaryl/α,β-unsaturated/α-hetero) is 1. The molecule has 1 heterocycles. The first-order valence-electron chi connectivity index (χ1n) is 10.1. The molecular formula is C24H24BrNO4. The minimum atomic E-state index is -0.632. The van der Waals surface area contributed by atoms with E-state index in [0.29, 0.717) is 11.3 Å². The molecule has 1 saturated carbocycles. The zero-order valence-corrected chi connectivity index (χ0v) is 18.6. The molecule has 1 aliphatic carbocycles. The van der Waals surface area contributed by atoms with Crippen LogP contribution in [0.4, 0.5) is 0 Å². The first-order chi connectivity index (χ1) is 14.4. The zero-order valence-electron chi connectivity index (χ0n) is 17.0. The molecule has 30 heavy (non-hydrogen) atoms. The Bertz CT molecular complexity index is 1040. The number of carbonyl (C=O) groups excluding carboxylic acids is 2. The predicted octanol–water partition coefficient (Wildman–Crippen LogP) is 5.13. The van der Waals surface area contributed by atoms with Crippen LogP contribution in [0.15, 0.2) is 52.5 Å². The smallest absolute Gasteiger partial charge is 0.295 e. The van der Waals surface area contributed by atoms with Gasteiger partial charge in [-0.15, -0.1) is 0 Å². The van der Waals surface area contributed by atoms with Crippen molar-refractivity contribution in [1.82, 2.24) is 4.90 Å². The highest BCUT2D eigenvalue weighted by atomic mass is 79.9. The van der Waals surface area contributed by atoms with Crippen LogP contribution in [0.1, 0.15) is 48.4 Å². The SMILES string of the molecule is COc1cccc(C2/C(=C(/O)c3ccc(Br)c(C)c3)C(=O)C(=O)N2C2CCCC2)c1. The highest BCUT2D eigenvalue weighted by Crippen LogP contribution is 2.44. The first kappa shape index (κ1) is 20.7. The molecular weight excluding hydrogens is 446 g/mol. The Morgan fingerprint density at radius 1 is 1.13 bits per heavy atom. The summed E-state index contributed by atoms with van der Waals surface area (Å²) in [6, 6.07) is 12.1. The van der Waals surface area contributed by atoms with Gasteiger partial charge >= 0.3 is 0 Å². The van der Waals surface area contributed by atoms with Crippen molar-refractivity contribution in [3.8, 4) is 5.75 Å². The quantitative estimate of drug-likeness (QED) is 0.382. The summed E-state index contributed by atoms with van der Waals surface area (Å²) in [5, 5.41) is 11.2. The number of amides is 1. The molecule has 2 aliphatic rings. The Hall–Kier alpha value is -2.60. The number of halogens is 1. The van der Waals surface area contributed by atoms with Gasteiger partial charge in [0.1, 0.15) is 11.5 Å². The van der Waals surface area contributed by atoms with Gasteiger partial charge in [-0.25, -0.2) is 0 Å². The molecule has 2 aromatic rings. The lowest BCUT2D eigenvalue weighted by atomic mass is 9.94. The Labute approximate surface area is 184 Å². The molecule has 156 valence electrons. The van der Waals surface area contributed by atoms with E-state index in [1.165, 1.54) is 0 Å². The van der Waals surface area contributed by atoms with E-state index in [9.17, 15) is 14.7 Å². The van der Waals surface area contributed by atoms with Gasteiger partial charge in [-0.1, -0.05) is 47.0 Å². The van der Waals surface area contributed by atoms with Crippen molar-refractivity contribution in [3.05, 3.63) is 69.2 Å². The maximum atomic E-state index is 13.1. The molecule has 1 unspecified atom stereocenters. The fraction of sp³-hybridized carbons (Fsp3) is 0.333. The minimum Gasteiger partial charge on any atom is -0.507 e. The number of ketones is 1. The summed E-state index contributed by atoms with van der Waals surface area (Å²) < 4.78 is 6.28. The van der Waals surface area contributed by atoms with Gasteiger partial charge in [0, 0.05) is 16.1 Å². The van der Waals surface area contributed by atoms with Gasteiger partial charge in [0.05, 0.1) is 18.7 Å². The minimum absolute atomic E-state index is 0.00500. The van der Waals surface area contributed by atoms with Gasteiger partial charge in [-0.3, -0.25) is 9.59 Å². The number of rotatable bonds is 4. The molecule has 1 atom stereocenters. The van der Waals surface area contributed by atoms with E-state index in [4.69, 9.17) is 4.74 Å². The fourth-order valence-electron chi connectivity index (χ4n) is 4.50. The van der Waals surface area contributed by atoms with Gasteiger partial charge in [-0.2, -0.15) is 0 Å². The number of methoxy groups -OCH3 is 1. The van der Waals surface area contributed by atoms with Gasteiger partial charge in [0.25, 0.3) is 11.7 Å². The molecule has 1 aliphatic heterocycles. The Morgan fingerprint density at radius 2 is 1.87 bits per heavy atom. The highest BCUT2D eigenvalue weighted by molar-refractivity contribution is 9.10. The number of aryl methyl sites for hydroxylation is 1. The molecule has 5 nitrogen and oxygen atoms in total.